The minimum absolute atomic E-state index is 0.636. The van der Waals surface area contributed by atoms with E-state index in [0.717, 1.165) is 24.5 Å². The lowest BCUT2D eigenvalue weighted by atomic mass is 10.1. The van der Waals surface area contributed by atoms with Gasteiger partial charge in [0.05, 0.1) is 0 Å². The van der Waals surface area contributed by atoms with Crippen LogP contribution in [0.1, 0.15) is 22.3 Å². The fraction of sp³-hybridized carbons (Fsp3) is 0.238. The van der Waals surface area contributed by atoms with Gasteiger partial charge in [-0.15, -0.1) is 0 Å². The minimum atomic E-state index is 0.636. The van der Waals surface area contributed by atoms with E-state index in [-0.39, 0.29) is 0 Å². The third-order valence-electron chi connectivity index (χ3n) is 4.72. The summed E-state index contributed by atoms with van der Waals surface area (Å²) in [5.74, 6) is 1.57. The maximum atomic E-state index is 4.76. The number of fused-ring (bicyclic) bond motifs is 1. The summed E-state index contributed by atoms with van der Waals surface area (Å²) in [7, 11) is 0. The van der Waals surface area contributed by atoms with Crippen LogP contribution in [0.4, 0.5) is 23.1 Å². The molecule has 0 atom stereocenters. The molecule has 2 aromatic carbocycles. The van der Waals surface area contributed by atoms with E-state index in [1.807, 2.05) is 12.3 Å². The van der Waals surface area contributed by atoms with Crippen molar-refractivity contribution in [2.75, 3.05) is 16.8 Å². The van der Waals surface area contributed by atoms with Crippen LogP contribution < -0.4 is 10.2 Å². The van der Waals surface area contributed by atoms with Crippen LogP contribution in [0.2, 0.25) is 0 Å². The lowest BCUT2D eigenvalue weighted by molar-refractivity contribution is 0.966. The predicted molar refractivity (Wildman–Crippen MR) is 103 cm³/mol. The van der Waals surface area contributed by atoms with Crippen LogP contribution in [-0.4, -0.2) is 16.5 Å². The maximum Gasteiger partial charge on any atom is 0.229 e. The van der Waals surface area contributed by atoms with E-state index in [9.17, 15) is 0 Å². The first-order valence-corrected chi connectivity index (χ1v) is 8.65. The van der Waals surface area contributed by atoms with Gasteiger partial charge in [0.15, 0.2) is 0 Å². The number of rotatable bonds is 3. The predicted octanol–water partition coefficient (Wildman–Crippen LogP) is 4.84. The zero-order chi connectivity index (χ0) is 17.4. The van der Waals surface area contributed by atoms with E-state index in [4.69, 9.17) is 4.98 Å². The minimum Gasteiger partial charge on any atom is -0.326 e. The summed E-state index contributed by atoms with van der Waals surface area (Å²) in [6.07, 6.45) is 2.88. The van der Waals surface area contributed by atoms with Gasteiger partial charge in [0.2, 0.25) is 5.95 Å². The van der Waals surface area contributed by atoms with Crippen molar-refractivity contribution < 1.29 is 0 Å². The number of hydrogen-bond acceptors (Lipinski definition) is 4. The van der Waals surface area contributed by atoms with E-state index in [1.54, 1.807) is 0 Å². The van der Waals surface area contributed by atoms with Crippen molar-refractivity contribution in [2.24, 2.45) is 0 Å². The molecule has 3 aromatic rings. The van der Waals surface area contributed by atoms with E-state index in [1.165, 1.54) is 27.9 Å². The Morgan fingerprint density at radius 3 is 2.56 bits per heavy atom. The van der Waals surface area contributed by atoms with Crippen molar-refractivity contribution in [1.29, 1.82) is 0 Å². The number of nitrogens with one attached hydrogen (secondary N) is 1. The monoisotopic (exact) mass is 330 g/mol. The lowest BCUT2D eigenvalue weighted by Crippen LogP contribution is -2.15. The second-order valence-corrected chi connectivity index (χ2v) is 6.67. The van der Waals surface area contributed by atoms with Crippen LogP contribution in [0.25, 0.3) is 0 Å². The van der Waals surface area contributed by atoms with Crippen LogP contribution in [0.15, 0.2) is 48.7 Å². The van der Waals surface area contributed by atoms with Gasteiger partial charge < -0.3 is 10.2 Å². The Balaban J connectivity index is 1.65. The van der Waals surface area contributed by atoms with Gasteiger partial charge in [-0.05, 0) is 56.0 Å². The van der Waals surface area contributed by atoms with Crippen molar-refractivity contribution in [2.45, 2.75) is 27.2 Å². The molecule has 1 aromatic heterocycles. The van der Waals surface area contributed by atoms with Gasteiger partial charge >= 0.3 is 0 Å². The molecule has 4 rings (SSSR count). The van der Waals surface area contributed by atoms with Crippen molar-refractivity contribution in [3.8, 4) is 0 Å². The van der Waals surface area contributed by atoms with Crippen molar-refractivity contribution in [3.63, 3.8) is 0 Å². The highest BCUT2D eigenvalue weighted by atomic mass is 15.2. The van der Waals surface area contributed by atoms with Crippen LogP contribution in [0, 0.1) is 20.8 Å². The van der Waals surface area contributed by atoms with Crippen LogP contribution >= 0.6 is 0 Å². The van der Waals surface area contributed by atoms with Crippen molar-refractivity contribution in [1.82, 2.24) is 9.97 Å². The molecule has 0 spiro atoms. The van der Waals surface area contributed by atoms with Crippen LogP contribution in [-0.2, 0) is 6.42 Å². The van der Waals surface area contributed by atoms with Crippen LogP contribution in [0.5, 0.6) is 0 Å². The molecule has 0 saturated heterocycles. The SMILES string of the molecule is Cc1cc(C)c(Nc2nccc(N3CCc4ccccc43)n2)c(C)c1. The molecular formula is C21H22N4. The van der Waals surface area contributed by atoms with Crippen molar-refractivity contribution >= 4 is 23.1 Å². The first-order chi connectivity index (χ1) is 12.1. The molecule has 0 unspecified atom stereocenters. The van der Waals surface area contributed by atoms with Crippen LogP contribution in [0.3, 0.4) is 0 Å². The Hall–Kier alpha value is -2.88. The average Bonchev–Trinajstić information content (AvgIpc) is 3.02. The molecule has 0 saturated carbocycles. The fourth-order valence-corrected chi connectivity index (χ4v) is 3.62. The second-order valence-electron chi connectivity index (χ2n) is 6.67. The molecule has 1 aliphatic heterocycles. The molecule has 0 aliphatic carbocycles. The zero-order valence-electron chi connectivity index (χ0n) is 14.9. The Labute approximate surface area is 148 Å². The smallest absolute Gasteiger partial charge is 0.229 e. The number of nitrogens with zero attached hydrogens (tertiary/aromatic N) is 3. The average molecular weight is 330 g/mol. The molecule has 0 fully saturated rings. The number of hydrogen-bond donors (Lipinski definition) is 1. The Bertz CT molecular complexity index is 910. The van der Waals surface area contributed by atoms with E-state index >= 15 is 0 Å². The fourth-order valence-electron chi connectivity index (χ4n) is 3.62. The van der Waals surface area contributed by atoms with E-state index < -0.39 is 0 Å². The third-order valence-corrected chi connectivity index (χ3v) is 4.72. The highest BCUT2D eigenvalue weighted by Crippen LogP contribution is 2.33. The number of aryl methyl sites for hydroxylation is 3. The van der Waals surface area contributed by atoms with Crippen molar-refractivity contribution in [3.05, 3.63) is 70.9 Å². The van der Waals surface area contributed by atoms with Gasteiger partial charge in [0.1, 0.15) is 5.82 Å². The summed E-state index contributed by atoms with van der Waals surface area (Å²) >= 11 is 0. The molecule has 0 bridgehead atoms. The van der Waals surface area contributed by atoms with E-state index in [0.29, 0.717) is 5.95 Å². The van der Waals surface area contributed by atoms with Gasteiger partial charge in [-0.25, -0.2) is 4.98 Å². The number of benzene rings is 2. The molecule has 4 heteroatoms. The highest BCUT2D eigenvalue weighted by Gasteiger charge is 2.21. The Kier molecular flexibility index (Phi) is 3.88. The maximum absolute atomic E-state index is 4.76. The molecule has 0 amide bonds. The summed E-state index contributed by atoms with van der Waals surface area (Å²) < 4.78 is 0. The third kappa shape index (κ3) is 2.95. The molecule has 1 aliphatic rings. The zero-order valence-corrected chi connectivity index (χ0v) is 14.9. The normalized spacial score (nSPS) is 13.0. The standard InChI is InChI=1S/C21H22N4/c1-14-12-15(2)20(16(3)13-14)24-21-22-10-8-19(23-21)25-11-9-17-6-4-5-7-18(17)25/h4-8,10,12-13H,9,11H2,1-3H3,(H,22,23,24). The first kappa shape index (κ1) is 15.6. The summed E-state index contributed by atoms with van der Waals surface area (Å²) in [5, 5.41) is 3.41. The van der Waals surface area contributed by atoms with Gasteiger partial charge in [-0.1, -0.05) is 35.9 Å². The lowest BCUT2D eigenvalue weighted by Gasteiger charge is -2.19. The summed E-state index contributed by atoms with van der Waals surface area (Å²) in [6, 6.07) is 14.9. The first-order valence-electron chi connectivity index (χ1n) is 8.65. The molecule has 2 heterocycles. The highest BCUT2D eigenvalue weighted by molar-refractivity contribution is 5.69. The van der Waals surface area contributed by atoms with Gasteiger partial charge in [0, 0.05) is 24.1 Å². The summed E-state index contributed by atoms with van der Waals surface area (Å²) in [4.78, 5) is 11.4. The van der Waals surface area contributed by atoms with Gasteiger partial charge in [0.25, 0.3) is 0 Å². The number of aromatic nitrogens is 2. The summed E-state index contributed by atoms with van der Waals surface area (Å²) in [6.45, 7) is 7.30. The topological polar surface area (TPSA) is 41.1 Å². The Morgan fingerprint density at radius 1 is 1.00 bits per heavy atom. The summed E-state index contributed by atoms with van der Waals surface area (Å²) in [5.41, 5.74) is 7.39. The molecule has 25 heavy (non-hydrogen) atoms. The largest absolute Gasteiger partial charge is 0.326 e. The quantitative estimate of drug-likeness (QED) is 0.746. The van der Waals surface area contributed by atoms with Gasteiger partial charge in [-0.2, -0.15) is 4.98 Å². The second kappa shape index (κ2) is 6.20. The molecular weight excluding hydrogens is 308 g/mol. The molecule has 0 radical (unpaired) electrons. The van der Waals surface area contributed by atoms with E-state index in [2.05, 4.69) is 72.4 Å². The molecule has 126 valence electrons. The number of anilines is 4. The number of para-hydroxylation sites is 1. The Morgan fingerprint density at radius 2 is 1.76 bits per heavy atom. The molecule has 4 nitrogen and oxygen atoms in total. The van der Waals surface area contributed by atoms with Gasteiger partial charge in [-0.3, -0.25) is 0 Å². The molecule has 1 N–H and O–H groups in total.